The Morgan fingerprint density at radius 2 is 0.907 bits per heavy atom. The number of ether oxygens (including phenoxy) is 1. The molecule has 1 nitrogen and oxygen atoms in total. The number of benzene rings is 10. The third kappa shape index (κ3) is 4.04. The molecule has 1 heterocycles. The molecule has 12 rings (SSSR count). The van der Waals surface area contributed by atoms with E-state index in [1.54, 1.807) is 0 Å². The van der Waals surface area contributed by atoms with E-state index in [1.165, 1.54) is 104 Å². The van der Waals surface area contributed by atoms with Crippen LogP contribution < -0.4 is 4.74 Å². The minimum Gasteiger partial charge on any atom is -0.456 e. The molecule has 0 saturated carbocycles. The van der Waals surface area contributed by atoms with Crippen LogP contribution in [0.25, 0.3) is 98.7 Å². The zero-order chi connectivity index (χ0) is 35.7. The maximum Gasteiger partial charge on any atom is 0.135 e. The van der Waals surface area contributed by atoms with E-state index in [0.717, 1.165) is 17.1 Å². The highest BCUT2D eigenvalue weighted by atomic mass is 16.5. The van der Waals surface area contributed by atoms with Gasteiger partial charge in [0.05, 0.1) is 0 Å². The second kappa shape index (κ2) is 10.7. The summed E-state index contributed by atoms with van der Waals surface area (Å²) >= 11 is 0. The lowest BCUT2D eigenvalue weighted by Crippen LogP contribution is -2.15. The molecule has 0 N–H and O–H groups in total. The Morgan fingerprint density at radius 1 is 0.333 bits per heavy atom. The first kappa shape index (κ1) is 29.8. The summed E-state index contributed by atoms with van der Waals surface area (Å²) in [5.41, 5.74) is 15.0. The molecule has 1 heteroatoms. The van der Waals surface area contributed by atoms with Crippen LogP contribution in [-0.2, 0) is 5.41 Å². The van der Waals surface area contributed by atoms with Crippen molar-refractivity contribution in [3.05, 3.63) is 181 Å². The van der Waals surface area contributed by atoms with Gasteiger partial charge in [0.25, 0.3) is 0 Å². The Balaban J connectivity index is 0.950. The average Bonchev–Trinajstić information content (AvgIpc) is 3.45. The second-order valence-electron chi connectivity index (χ2n) is 15.6. The summed E-state index contributed by atoms with van der Waals surface area (Å²) in [5.74, 6) is 1.82. The van der Waals surface area contributed by atoms with Gasteiger partial charge in [0, 0.05) is 16.4 Å². The monoisotopic (exact) mass is 686 g/mol. The van der Waals surface area contributed by atoms with Crippen molar-refractivity contribution in [2.24, 2.45) is 0 Å². The van der Waals surface area contributed by atoms with Crippen molar-refractivity contribution in [2.45, 2.75) is 19.3 Å². The van der Waals surface area contributed by atoms with Crippen LogP contribution in [0.5, 0.6) is 11.5 Å². The third-order valence-electron chi connectivity index (χ3n) is 12.4. The lowest BCUT2D eigenvalue weighted by molar-refractivity contribution is 0.487. The van der Waals surface area contributed by atoms with Gasteiger partial charge in [-0.3, -0.25) is 0 Å². The molecule has 0 unspecified atom stereocenters. The summed E-state index contributed by atoms with van der Waals surface area (Å²) in [4.78, 5) is 0. The van der Waals surface area contributed by atoms with Gasteiger partial charge in [-0.2, -0.15) is 0 Å². The van der Waals surface area contributed by atoms with Crippen molar-refractivity contribution >= 4 is 43.1 Å². The molecule has 252 valence electrons. The summed E-state index contributed by atoms with van der Waals surface area (Å²) in [6.07, 6.45) is 0. The molecule has 0 fully saturated rings. The van der Waals surface area contributed by atoms with Crippen molar-refractivity contribution in [3.63, 3.8) is 0 Å². The molecular formula is C53H34O. The smallest absolute Gasteiger partial charge is 0.135 e. The zero-order valence-electron chi connectivity index (χ0n) is 30.1. The first-order valence-corrected chi connectivity index (χ1v) is 18.9. The van der Waals surface area contributed by atoms with Gasteiger partial charge in [0.15, 0.2) is 0 Å². The fraction of sp³-hybridized carbons (Fsp3) is 0.0566. The number of hydrogen-bond donors (Lipinski definition) is 0. The van der Waals surface area contributed by atoms with Crippen molar-refractivity contribution in [2.75, 3.05) is 0 Å². The van der Waals surface area contributed by atoms with E-state index in [1.807, 2.05) is 0 Å². The molecule has 0 amide bonds. The molecule has 2 aliphatic rings. The van der Waals surface area contributed by atoms with E-state index in [4.69, 9.17) is 4.74 Å². The lowest BCUT2D eigenvalue weighted by atomic mass is 9.80. The predicted molar refractivity (Wildman–Crippen MR) is 227 cm³/mol. The normalized spacial score (nSPS) is 13.7. The van der Waals surface area contributed by atoms with Crippen molar-refractivity contribution in [1.82, 2.24) is 0 Å². The van der Waals surface area contributed by atoms with Crippen LogP contribution in [0, 0.1) is 0 Å². The zero-order valence-corrected chi connectivity index (χ0v) is 30.1. The number of hydrogen-bond acceptors (Lipinski definition) is 1. The van der Waals surface area contributed by atoms with Crippen LogP contribution in [0.15, 0.2) is 170 Å². The Bertz CT molecular complexity index is 3190. The average molecular weight is 687 g/mol. The Hall–Kier alpha value is -6.70. The summed E-state index contributed by atoms with van der Waals surface area (Å²) in [6, 6.07) is 62.9. The summed E-state index contributed by atoms with van der Waals surface area (Å²) in [5, 5.41) is 10.3. The van der Waals surface area contributed by atoms with Crippen LogP contribution >= 0.6 is 0 Å². The summed E-state index contributed by atoms with van der Waals surface area (Å²) in [6.45, 7) is 4.77. The molecule has 54 heavy (non-hydrogen) atoms. The van der Waals surface area contributed by atoms with Gasteiger partial charge < -0.3 is 4.74 Å². The molecule has 0 aromatic heterocycles. The number of fused-ring (bicyclic) bond motifs is 5. The van der Waals surface area contributed by atoms with Gasteiger partial charge >= 0.3 is 0 Å². The SMILES string of the molecule is CC1(C)c2cc(-c3ccc4c(c3)-c3cccc5c(-c6ccccc6)ccc(c35)O4)ccc2-c2ccc(-c3ccc4ccc5cccc6ccc3c4c56)cc21. The van der Waals surface area contributed by atoms with E-state index >= 15 is 0 Å². The predicted octanol–water partition coefficient (Wildman–Crippen LogP) is 14.8. The van der Waals surface area contributed by atoms with Crippen LogP contribution in [0.3, 0.4) is 0 Å². The fourth-order valence-corrected chi connectivity index (χ4v) is 9.75. The first-order chi connectivity index (χ1) is 26.5. The van der Waals surface area contributed by atoms with E-state index in [-0.39, 0.29) is 5.41 Å². The molecular weight excluding hydrogens is 653 g/mol. The first-order valence-electron chi connectivity index (χ1n) is 18.9. The quantitative estimate of drug-likeness (QED) is 0.168. The molecule has 1 aliphatic carbocycles. The summed E-state index contributed by atoms with van der Waals surface area (Å²) in [7, 11) is 0. The van der Waals surface area contributed by atoms with Crippen LogP contribution in [0.2, 0.25) is 0 Å². The molecule has 10 aromatic rings. The Kier molecular flexibility index (Phi) is 5.90. The largest absolute Gasteiger partial charge is 0.456 e. The Labute approximate surface area is 314 Å². The minimum absolute atomic E-state index is 0.157. The van der Waals surface area contributed by atoms with Gasteiger partial charge in [0.1, 0.15) is 11.5 Å². The molecule has 0 spiro atoms. The van der Waals surface area contributed by atoms with Gasteiger partial charge in [-0.1, -0.05) is 153 Å². The maximum atomic E-state index is 6.59. The van der Waals surface area contributed by atoms with Gasteiger partial charge in [-0.25, -0.2) is 0 Å². The Morgan fingerprint density at radius 3 is 1.72 bits per heavy atom. The van der Waals surface area contributed by atoms with E-state index in [9.17, 15) is 0 Å². The van der Waals surface area contributed by atoms with Crippen LogP contribution in [0.1, 0.15) is 25.0 Å². The standard InChI is InChI=1S/C53H34O/c1-53(2)46-29-36(35-20-26-48-45(28-35)43-13-7-12-42-38(31-8-4-3-5-9-31)25-27-49(54-48)52(42)43)18-22-40(46)41-23-19-37(30-47(41)53)39-21-16-34-15-14-32-10-6-11-33-17-24-44(39)51(34)50(32)33/h3-30H,1-2H3. The molecule has 10 aromatic carbocycles. The van der Waals surface area contributed by atoms with Crippen molar-refractivity contribution in [1.29, 1.82) is 0 Å². The fourth-order valence-electron chi connectivity index (χ4n) is 9.75. The second-order valence-corrected chi connectivity index (χ2v) is 15.6. The molecule has 1 aliphatic heterocycles. The lowest BCUT2D eigenvalue weighted by Gasteiger charge is -2.24. The van der Waals surface area contributed by atoms with Gasteiger partial charge in [-0.15, -0.1) is 0 Å². The van der Waals surface area contributed by atoms with E-state index in [0.29, 0.717) is 0 Å². The molecule has 0 atom stereocenters. The molecule has 0 radical (unpaired) electrons. The van der Waals surface area contributed by atoms with E-state index in [2.05, 4.69) is 184 Å². The van der Waals surface area contributed by atoms with Gasteiger partial charge in [-0.05, 0) is 129 Å². The maximum absolute atomic E-state index is 6.59. The molecule has 0 saturated heterocycles. The topological polar surface area (TPSA) is 9.23 Å². The van der Waals surface area contributed by atoms with Crippen LogP contribution in [0.4, 0.5) is 0 Å². The summed E-state index contributed by atoms with van der Waals surface area (Å²) < 4.78 is 6.59. The minimum atomic E-state index is -0.157. The van der Waals surface area contributed by atoms with Crippen LogP contribution in [-0.4, -0.2) is 0 Å². The van der Waals surface area contributed by atoms with Gasteiger partial charge in [0.2, 0.25) is 0 Å². The van der Waals surface area contributed by atoms with Crippen molar-refractivity contribution in [3.8, 4) is 67.1 Å². The number of rotatable bonds is 3. The highest BCUT2D eigenvalue weighted by Gasteiger charge is 2.36. The third-order valence-corrected chi connectivity index (χ3v) is 12.4. The highest BCUT2D eigenvalue weighted by Crippen LogP contribution is 2.53. The van der Waals surface area contributed by atoms with E-state index < -0.39 is 0 Å². The van der Waals surface area contributed by atoms with Crippen molar-refractivity contribution < 1.29 is 4.74 Å². The molecule has 0 bridgehead atoms. The highest BCUT2D eigenvalue weighted by molar-refractivity contribution is 6.25.